The van der Waals surface area contributed by atoms with E-state index in [2.05, 4.69) is 4.90 Å². The minimum atomic E-state index is 0.180. The first kappa shape index (κ1) is 16.2. The SMILES string of the molecule is COCCN(CCC(=N)N)Cc1cccc(Cl)c1Cl. The van der Waals surface area contributed by atoms with Crippen LogP contribution in [-0.4, -0.2) is 37.5 Å². The van der Waals surface area contributed by atoms with Gasteiger partial charge in [0.05, 0.1) is 22.5 Å². The van der Waals surface area contributed by atoms with Crippen LogP contribution in [0.4, 0.5) is 0 Å². The Kier molecular flexibility index (Phi) is 7.16. The Morgan fingerprint density at radius 1 is 1.37 bits per heavy atom. The van der Waals surface area contributed by atoms with Gasteiger partial charge in [-0.25, -0.2) is 0 Å². The van der Waals surface area contributed by atoms with Crippen LogP contribution in [0.15, 0.2) is 18.2 Å². The molecule has 6 heteroatoms. The molecule has 1 aromatic rings. The molecule has 0 saturated carbocycles. The molecule has 0 aromatic heterocycles. The van der Waals surface area contributed by atoms with Gasteiger partial charge in [-0.15, -0.1) is 0 Å². The number of nitrogens with one attached hydrogen (secondary N) is 1. The van der Waals surface area contributed by atoms with Crippen molar-refractivity contribution in [3.8, 4) is 0 Å². The van der Waals surface area contributed by atoms with Gasteiger partial charge >= 0.3 is 0 Å². The number of methoxy groups -OCH3 is 1. The number of hydrogen-bond donors (Lipinski definition) is 2. The van der Waals surface area contributed by atoms with Crippen LogP contribution in [0.1, 0.15) is 12.0 Å². The molecule has 1 rings (SSSR count). The molecular formula is C13H19Cl2N3O. The first-order chi connectivity index (χ1) is 9.04. The van der Waals surface area contributed by atoms with Crippen LogP contribution in [0.25, 0.3) is 0 Å². The lowest BCUT2D eigenvalue weighted by Gasteiger charge is -2.22. The molecule has 0 amide bonds. The standard InChI is InChI=1S/C13H19Cl2N3O/c1-19-8-7-18(6-5-12(16)17)9-10-3-2-4-11(14)13(10)15/h2-4H,5-9H2,1H3,(H3,16,17). The summed E-state index contributed by atoms with van der Waals surface area (Å²) in [7, 11) is 1.66. The van der Waals surface area contributed by atoms with E-state index in [9.17, 15) is 0 Å². The monoisotopic (exact) mass is 303 g/mol. The van der Waals surface area contributed by atoms with Gasteiger partial charge in [-0.3, -0.25) is 10.3 Å². The van der Waals surface area contributed by atoms with E-state index >= 15 is 0 Å². The minimum absolute atomic E-state index is 0.180. The molecule has 0 saturated heterocycles. The quantitative estimate of drug-likeness (QED) is 0.573. The van der Waals surface area contributed by atoms with Crippen LogP contribution in [0.3, 0.4) is 0 Å². The third kappa shape index (κ3) is 5.78. The summed E-state index contributed by atoms with van der Waals surface area (Å²) in [5.74, 6) is 0.180. The molecule has 0 atom stereocenters. The van der Waals surface area contributed by atoms with Gasteiger partial charge in [0.1, 0.15) is 0 Å². The molecule has 0 spiro atoms. The molecule has 0 fully saturated rings. The maximum atomic E-state index is 7.29. The highest BCUT2D eigenvalue weighted by Gasteiger charge is 2.10. The predicted molar refractivity (Wildman–Crippen MR) is 80.1 cm³/mol. The summed E-state index contributed by atoms with van der Waals surface area (Å²) in [5.41, 5.74) is 6.36. The minimum Gasteiger partial charge on any atom is -0.388 e. The number of nitrogens with zero attached hydrogens (tertiary/aromatic N) is 1. The van der Waals surface area contributed by atoms with Crippen molar-refractivity contribution in [3.05, 3.63) is 33.8 Å². The molecule has 106 valence electrons. The van der Waals surface area contributed by atoms with Crippen LogP contribution in [-0.2, 0) is 11.3 Å². The van der Waals surface area contributed by atoms with Gasteiger partial charge < -0.3 is 10.5 Å². The number of hydrogen-bond acceptors (Lipinski definition) is 3. The lowest BCUT2D eigenvalue weighted by atomic mass is 10.2. The third-order valence-electron chi connectivity index (χ3n) is 2.73. The molecule has 0 bridgehead atoms. The van der Waals surface area contributed by atoms with Gasteiger partial charge in [0.2, 0.25) is 0 Å². The summed E-state index contributed by atoms with van der Waals surface area (Å²) >= 11 is 12.2. The Morgan fingerprint density at radius 2 is 2.11 bits per heavy atom. The van der Waals surface area contributed by atoms with Crippen molar-refractivity contribution in [1.82, 2.24) is 4.90 Å². The van der Waals surface area contributed by atoms with Crippen LogP contribution < -0.4 is 5.73 Å². The Balaban J connectivity index is 2.69. The van der Waals surface area contributed by atoms with E-state index in [1.807, 2.05) is 12.1 Å². The second kappa shape index (κ2) is 8.38. The van der Waals surface area contributed by atoms with E-state index in [-0.39, 0.29) is 5.84 Å². The molecular weight excluding hydrogens is 285 g/mol. The van der Waals surface area contributed by atoms with E-state index in [0.29, 0.717) is 36.2 Å². The molecule has 3 N–H and O–H groups in total. The molecule has 0 heterocycles. The first-order valence-corrected chi connectivity index (χ1v) is 6.77. The average Bonchev–Trinajstić information content (AvgIpc) is 2.37. The predicted octanol–water partition coefficient (Wildman–Crippen LogP) is 2.77. The van der Waals surface area contributed by atoms with E-state index in [0.717, 1.165) is 12.1 Å². The number of benzene rings is 1. The van der Waals surface area contributed by atoms with Crippen LogP contribution >= 0.6 is 23.2 Å². The number of amidine groups is 1. The Hall–Kier alpha value is -0.810. The highest BCUT2D eigenvalue weighted by molar-refractivity contribution is 6.42. The summed E-state index contributed by atoms with van der Waals surface area (Å²) in [4.78, 5) is 2.14. The second-order valence-corrected chi connectivity index (χ2v) is 5.04. The maximum absolute atomic E-state index is 7.29. The van der Waals surface area contributed by atoms with Crippen LogP contribution in [0.5, 0.6) is 0 Å². The number of nitrogens with two attached hydrogens (primary N) is 1. The van der Waals surface area contributed by atoms with E-state index < -0.39 is 0 Å². The molecule has 0 aliphatic heterocycles. The van der Waals surface area contributed by atoms with Gasteiger partial charge in [0.25, 0.3) is 0 Å². The van der Waals surface area contributed by atoms with Gasteiger partial charge in [-0.2, -0.15) is 0 Å². The molecule has 1 aromatic carbocycles. The van der Waals surface area contributed by atoms with E-state index in [1.165, 1.54) is 0 Å². The summed E-state index contributed by atoms with van der Waals surface area (Å²) in [6, 6.07) is 5.59. The van der Waals surface area contributed by atoms with Crippen molar-refractivity contribution in [2.75, 3.05) is 26.8 Å². The summed E-state index contributed by atoms with van der Waals surface area (Å²) in [6.07, 6.45) is 0.530. The third-order valence-corrected chi connectivity index (χ3v) is 3.59. The molecule has 0 aliphatic rings. The lowest BCUT2D eigenvalue weighted by molar-refractivity contribution is 0.145. The highest BCUT2D eigenvalue weighted by atomic mass is 35.5. The highest BCUT2D eigenvalue weighted by Crippen LogP contribution is 2.26. The summed E-state index contributed by atoms with van der Waals surface area (Å²) < 4.78 is 5.09. The van der Waals surface area contributed by atoms with Gasteiger partial charge in [-0.05, 0) is 11.6 Å². The fourth-order valence-electron chi connectivity index (χ4n) is 1.68. The maximum Gasteiger partial charge on any atom is 0.0918 e. The van der Waals surface area contributed by atoms with Crippen molar-refractivity contribution < 1.29 is 4.74 Å². The zero-order chi connectivity index (χ0) is 14.3. The average molecular weight is 304 g/mol. The molecule has 0 unspecified atom stereocenters. The fraction of sp³-hybridized carbons (Fsp3) is 0.462. The smallest absolute Gasteiger partial charge is 0.0918 e. The van der Waals surface area contributed by atoms with E-state index in [1.54, 1.807) is 13.2 Å². The van der Waals surface area contributed by atoms with Crippen molar-refractivity contribution in [2.24, 2.45) is 5.73 Å². The summed E-state index contributed by atoms with van der Waals surface area (Å²) in [5, 5.41) is 8.42. The zero-order valence-electron chi connectivity index (χ0n) is 11.0. The molecule has 0 radical (unpaired) electrons. The number of halogens is 2. The fourth-order valence-corrected chi connectivity index (χ4v) is 2.06. The molecule has 19 heavy (non-hydrogen) atoms. The second-order valence-electron chi connectivity index (χ2n) is 4.26. The van der Waals surface area contributed by atoms with Crippen LogP contribution in [0, 0.1) is 5.41 Å². The molecule has 4 nitrogen and oxygen atoms in total. The topological polar surface area (TPSA) is 62.3 Å². The van der Waals surface area contributed by atoms with Crippen molar-refractivity contribution >= 4 is 29.0 Å². The zero-order valence-corrected chi connectivity index (χ0v) is 12.5. The van der Waals surface area contributed by atoms with Crippen molar-refractivity contribution in [1.29, 1.82) is 5.41 Å². The largest absolute Gasteiger partial charge is 0.388 e. The summed E-state index contributed by atoms with van der Waals surface area (Å²) in [6.45, 7) is 2.74. The Labute approximate surface area is 123 Å². The Bertz CT molecular complexity index is 426. The van der Waals surface area contributed by atoms with Gasteiger partial charge in [0.15, 0.2) is 0 Å². The van der Waals surface area contributed by atoms with Gasteiger partial charge in [0, 0.05) is 33.2 Å². The lowest BCUT2D eigenvalue weighted by Crippen LogP contribution is -2.30. The number of ether oxygens (including phenoxy) is 1. The normalized spacial score (nSPS) is 10.9. The Morgan fingerprint density at radius 3 is 2.74 bits per heavy atom. The van der Waals surface area contributed by atoms with Crippen molar-refractivity contribution in [3.63, 3.8) is 0 Å². The number of rotatable bonds is 8. The first-order valence-electron chi connectivity index (χ1n) is 6.01. The van der Waals surface area contributed by atoms with Crippen LogP contribution in [0.2, 0.25) is 10.0 Å². The van der Waals surface area contributed by atoms with Gasteiger partial charge in [-0.1, -0.05) is 35.3 Å². The van der Waals surface area contributed by atoms with Crippen molar-refractivity contribution in [2.45, 2.75) is 13.0 Å². The molecule has 0 aliphatic carbocycles. The van der Waals surface area contributed by atoms with E-state index in [4.69, 9.17) is 39.1 Å².